The molecule has 0 saturated heterocycles. The largest absolute Gasteiger partial charge is 0.472 e. The second-order valence-electron chi connectivity index (χ2n) is 8.53. The maximum absolute atomic E-state index is 13.4. The molecule has 0 radical (unpaired) electrons. The molecule has 0 unspecified atom stereocenters. The van der Waals surface area contributed by atoms with Gasteiger partial charge >= 0.3 is 0 Å². The van der Waals surface area contributed by atoms with E-state index in [0.717, 1.165) is 24.8 Å². The summed E-state index contributed by atoms with van der Waals surface area (Å²) in [5.74, 6) is -0.151. The van der Waals surface area contributed by atoms with Crippen molar-refractivity contribution in [2.75, 3.05) is 40.5 Å². The fourth-order valence-corrected chi connectivity index (χ4v) is 4.03. The molecule has 0 bridgehead atoms. The van der Waals surface area contributed by atoms with Crippen molar-refractivity contribution >= 4 is 17.4 Å². The van der Waals surface area contributed by atoms with Crippen molar-refractivity contribution in [3.63, 3.8) is 0 Å². The van der Waals surface area contributed by atoms with Gasteiger partial charge in [-0.1, -0.05) is 13.0 Å². The third-order valence-electron chi connectivity index (χ3n) is 6.08. The van der Waals surface area contributed by atoms with Gasteiger partial charge in [-0.25, -0.2) is 4.98 Å². The predicted molar refractivity (Wildman–Crippen MR) is 117 cm³/mol. The van der Waals surface area contributed by atoms with Gasteiger partial charge in [0.25, 0.3) is 5.91 Å². The van der Waals surface area contributed by atoms with Crippen molar-refractivity contribution in [2.45, 2.75) is 45.3 Å². The van der Waals surface area contributed by atoms with Crippen LogP contribution in [0.4, 0.5) is 0 Å². The zero-order valence-electron chi connectivity index (χ0n) is 18.8. The molecule has 8 nitrogen and oxygen atoms in total. The highest BCUT2D eigenvalue weighted by Crippen LogP contribution is 2.32. The number of likely N-dealkylation sites (N-methyl/N-ethyl adjacent to an activating group) is 1. The molecule has 0 saturated carbocycles. The number of hydrogen-bond donors (Lipinski definition) is 1. The summed E-state index contributed by atoms with van der Waals surface area (Å²) in [4.78, 5) is 33.4. The van der Waals surface area contributed by atoms with Crippen molar-refractivity contribution in [2.24, 2.45) is 5.92 Å². The number of hydrogen-bond acceptors (Lipinski definition) is 6. The Labute approximate surface area is 183 Å². The van der Waals surface area contributed by atoms with E-state index in [9.17, 15) is 14.7 Å². The minimum atomic E-state index is -0.366. The van der Waals surface area contributed by atoms with Crippen LogP contribution in [0, 0.1) is 5.92 Å². The minimum absolute atomic E-state index is 0.00291. The number of fused-ring (bicyclic) bond motifs is 1. The summed E-state index contributed by atoms with van der Waals surface area (Å²) in [5, 5.41) is 9.75. The molecule has 3 atom stereocenters. The van der Waals surface area contributed by atoms with Crippen LogP contribution in [0.1, 0.15) is 49.0 Å². The summed E-state index contributed by atoms with van der Waals surface area (Å²) in [6.45, 7) is 4.41. The summed E-state index contributed by atoms with van der Waals surface area (Å²) >= 11 is 0. The maximum atomic E-state index is 13.4. The third-order valence-corrected chi connectivity index (χ3v) is 6.08. The van der Waals surface area contributed by atoms with Crippen molar-refractivity contribution in [3.8, 4) is 5.88 Å². The average molecular weight is 432 g/mol. The fraction of sp³-hybridized carbons (Fsp3) is 0.609. The van der Waals surface area contributed by atoms with Gasteiger partial charge in [0.2, 0.25) is 11.8 Å². The van der Waals surface area contributed by atoms with E-state index in [4.69, 9.17) is 9.47 Å². The van der Waals surface area contributed by atoms with E-state index in [1.807, 2.05) is 19.9 Å². The van der Waals surface area contributed by atoms with Crippen LogP contribution in [-0.4, -0.2) is 84.3 Å². The van der Waals surface area contributed by atoms with Crippen LogP contribution < -0.4 is 4.74 Å². The van der Waals surface area contributed by atoms with E-state index in [1.165, 1.54) is 12.7 Å². The highest BCUT2D eigenvalue weighted by atomic mass is 16.5. The lowest BCUT2D eigenvalue weighted by Gasteiger charge is -2.37. The number of allylic oxidation sites excluding steroid dienone is 2. The Morgan fingerprint density at radius 1 is 1.48 bits per heavy atom. The van der Waals surface area contributed by atoms with Crippen molar-refractivity contribution in [3.05, 3.63) is 29.5 Å². The number of aromatic nitrogens is 1. The Morgan fingerprint density at radius 2 is 2.26 bits per heavy atom. The van der Waals surface area contributed by atoms with Gasteiger partial charge in [0.05, 0.1) is 19.2 Å². The van der Waals surface area contributed by atoms with Crippen LogP contribution in [-0.2, 0) is 9.53 Å². The molecule has 0 fully saturated rings. The third kappa shape index (κ3) is 5.25. The molecule has 8 heteroatoms. The summed E-state index contributed by atoms with van der Waals surface area (Å²) in [7, 11) is 3.19. The fourth-order valence-electron chi connectivity index (χ4n) is 4.03. The molecule has 1 aliphatic carbocycles. The van der Waals surface area contributed by atoms with Gasteiger partial charge in [-0.15, -0.1) is 0 Å². The van der Waals surface area contributed by atoms with Gasteiger partial charge in [-0.05, 0) is 43.4 Å². The first-order valence-corrected chi connectivity index (χ1v) is 10.9. The molecule has 0 spiro atoms. The van der Waals surface area contributed by atoms with Gasteiger partial charge in [-0.2, -0.15) is 0 Å². The molecular formula is C23H33N3O5. The van der Waals surface area contributed by atoms with Crippen LogP contribution in [0.25, 0.3) is 5.57 Å². The number of carbonyl (C=O) groups is 2. The van der Waals surface area contributed by atoms with Crippen LogP contribution in [0.2, 0.25) is 0 Å². The van der Waals surface area contributed by atoms with Crippen molar-refractivity contribution in [1.29, 1.82) is 0 Å². The lowest BCUT2D eigenvalue weighted by molar-refractivity contribution is -0.135. The summed E-state index contributed by atoms with van der Waals surface area (Å²) in [6, 6.07) is 1.51. The average Bonchev–Trinajstić information content (AvgIpc) is 3.30. The first kappa shape index (κ1) is 23.2. The van der Waals surface area contributed by atoms with Crippen molar-refractivity contribution in [1.82, 2.24) is 14.8 Å². The second kappa shape index (κ2) is 10.2. The first-order valence-electron chi connectivity index (χ1n) is 10.9. The molecule has 1 aromatic heterocycles. The number of ether oxygens (including phenoxy) is 2. The van der Waals surface area contributed by atoms with Gasteiger partial charge in [-0.3, -0.25) is 9.59 Å². The molecule has 2 aliphatic rings. The van der Waals surface area contributed by atoms with Crippen LogP contribution in [0.3, 0.4) is 0 Å². The van der Waals surface area contributed by atoms with Crippen molar-refractivity contribution < 1.29 is 24.2 Å². The van der Waals surface area contributed by atoms with E-state index in [-0.39, 0.29) is 49.0 Å². The number of methoxy groups -OCH3 is 1. The highest BCUT2D eigenvalue weighted by molar-refractivity contribution is 5.97. The van der Waals surface area contributed by atoms with Gasteiger partial charge in [0.1, 0.15) is 18.3 Å². The lowest BCUT2D eigenvalue weighted by Crippen LogP contribution is -2.50. The number of nitrogens with zero attached hydrogens (tertiary/aromatic N) is 3. The number of aliphatic hydroxyl groups is 1. The summed E-state index contributed by atoms with van der Waals surface area (Å²) in [5.41, 5.74) is 2.53. The molecule has 31 heavy (non-hydrogen) atoms. The molecule has 1 aliphatic heterocycles. The molecule has 1 N–H and O–H groups in total. The summed E-state index contributed by atoms with van der Waals surface area (Å²) in [6.07, 6.45) is 6.69. The zero-order valence-corrected chi connectivity index (χ0v) is 18.8. The molecule has 1 aromatic rings. The van der Waals surface area contributed by atoms with E-state index in [2.05, 4.69) is 11.1 Å². The predicted octanol–water partition coefficient (Wildman–Crippen LogP) is 1.97. The molecule has 170 valence electrons. The number of amides is 2. The number of pyridine rings is 1. The molecule has 0 aromatic carbocycles. The SMILES string of the molecule is COCC(=O)N(C)C[C@H]1Oc2ncc(C3=CCCC3)cc2C(=O)N([C@@H](C)CO)C[C@H]1C. The molecule has 3 rings (SSSR count). The highest BCUT2D eigenvalue weighted by Gasteiger charge is 2.34. The number of rotatable bonds is 7. The van der Waals surface area contributed by atoms with Crippen LogP contribution in [0.5, 0.6) is 5.88 Å². The number of carbonyl (C=O) groups excluding carboxylic acids is 2. The monoisotopic (exact) mass is 431 g/mol. The molecular weight excluding hydrogens is 398 g/mol. The summed E-state index contributed by atoms with van der Waals surface area (Å²) < 4.78 is 11.2. The topological polar surface area (TPSA) is 92.2 Å². The Hall–Kier alpha value is -2.45. The Balaban J connectivity index is 1.96. The maximum Gasteiger partial charge on any atom is 0.259 e. The van der Waals surface area contributed by atoms with Crippen LogP contribution >= 0.6 is 0 Å². The van der Waals surface area contributed by atoms with Gasteiger partial charge in [0, 0.05) is 32.8 Å². The molecule has 2 amide bonds. The standard InChI is InChI=1S/C23H33N3O5/c1-15-11-26(16(2)13-27)23(29)19-9-18(17-7-5-6-8-17)10-24-22(19)31-20(15)12-25(3)21(28)14-30-4/h7,9-10,15-16,20,27H,5-6,8,11-14H2,1-4H3/t15-,16+,20-/m1/s1. The van der Waals surface area contributed by atoms with E-state index >= 15 is 0 Å². The Kier molecular flexibility index (Phi) is 7.67. The van der Waals surface area contributed by atoms with Gasteiger partial charge < -0.3 is 24.4 Å². The lowest BCUT2D eigenvalue weighted by atomic mass is 9.99. The number of aliphatic hydroxyl groups excluding tert-OH is 1. The van der Waals surface area contributed by atoms with E-state index in [1.54, 1.807) is 23.0 Å². The van der Waals surface area contributed by atoms with E-state index < -0.39 is 0 Å². The second-order valence-corrected chi connectivity index (χ2v) is 8.53. The zero-order chi connectivity index (χ0) is 22.5. The minimum Gasteiger partial charge on any atom is -0.472 e. The smallest absolute Gasteiger partial charge is 0.259 e. The van der Waals surface area contributed by atoms with Gasteiger partial charge in [0.15, 0.2) is 0 Å². The normalized spacial score (nSPS) is 22.2. The van der Waals surface area contributed by atoms with E-state index in [0.29, 0.717) is 18.7 Å². The quantitative estimate of drug-likeness (QED) is 0.710. The van der Waals surface area contributed by atoms with Crippen LogP contribution in [0.15, 0.2) is 18.3 Å². The first-order chi connectivity index (χ1) is 14.8. The Bertz CT molecular complexity index is 841. The molecule has 2 heterocycles. The Morgan fingerprint density at radius 3 is 2.90 bits per heavy atom.